The number of fused-ring (bicyclic) bond motifs is 1. The van der Waals surface area contributed by atoms with Crippen molar-refractivity contribution < 1.29 is 9.53 Å². The molecule has 0 aromatic heterocycles. The van der Waals surface area contributed by atoms with Gasteiger partial charge in [0.05, 0.1) is 0 Å². The molecule has 23 heavy (non-hydrogen) atoms. The van der Waals surface area contributed by atoms with Crippen LogP contribution in [0.15, 0.2) is 47.5 Å². The molecular formula is C20H25NO2. The molecule has 3 nitrogen and oxygen atoms in total. The molecular weight excluding hydrogens is 286 g/mol. The Morgan fingerprint density at radius 2 is 1.87 bits per heavy atom. The molecule has 0 amide bonds. The van der Waals surface area contributed by atoms with E-state index in [2.05, 4.69) is 29.3 Å². The van der Waals surface area contributed by atoms with Crippen LogP contribution in [0.4, 0.5) is 0 Å². The Labute approximate surface area is 138 Å². The summed E-state index contributed by atoms with van der Waals surface area (Å²) in [5.41, 5.74) is 0.509. The van der Waals surface area contributed by atoms with E-state index in [1.54, 1.807) is 6.21 Å². The minimum absolute atomic E-state index is 0.253. The predicted molar refractivity (Wildman–Crippen MR) is 96.1 cm³/mol. The fourth-order valence-corrected chi connectivity index (χ4v) is 2.36. The average molecular weight is 311 g/mol. The maximum atomic E-state index is 12.2. The van der Waals surface area contributed by atoms with Gasteiger partial charge in [-0.05, 0) is 49.6 Å². The van der Waals surface area contributed by atoms with E-state index in [4.69, 9.17) is 4.74 Å². The van der Waals surface area contributed by atoms with E-state index >= 15 is 0 Å². The maximum absolute atomic E-state index is 12.2. The van der Waals surface area contributed by atoms with E-state index in [0.717, 1.165) is 12.0 Å². The molecule has 0 fully saturated rings. The van der Waals surface area contributed by atoms with E-state index < -0.39 is 11.6 Å². The fourth-order valence-electron chi connectivity index (χ4n) is 2.36. The maximum Gasteiger partial charge on any atom is 0.331 e. The van der Waals surface area contributed by atoms with Gasteiger partial charge >= 0.3 is 5.97 Å². The lowest BCUT2D eigenvalue weighted by Crippen LogP contribution is -2.31. The van der Waals surface area contributed by atoms with Gasteiger partial charge in [-0.2, -0.15) is 0 Å². The van der Waals surface area contributed by atoms with Gasteiger partial charge in [-0.1, -0.05) is 49.7 Å². The Balaban J connectivity index is 2.16. The third-order valence-corrected chi connectivity index (χ3v) is 3.42. The van der Waals surface area contributed by atoms with Gasteiger partial charge in [0.15, 0.2) is 0 Å². The highest BCUT2D eigenvalue weighted by atomic mass is 16.6. The van der Waals surface area contributed by atoms with Gasteiger partial charge < -0.3 is 4.74 Å². The number of carbonyl (C=O) groups excluding carboxylic acids is 1. The van der Waals surface area contributed by atoms with Gasteiger partial charge in [-0.3, -0.25) is 4.99 Å². The highest BCUT2D eigenvalue weighted by Crippen LogP contribution is 2.16. The molecule has 2 aromatic carbocycles. The van der Waals surface area contributed by atoms with Gasteiger partial charge in [0.1, 0.15) is 11.6 Å². The second-order valence-electron chi connectivity index (χ2n) is 6.72. The highest BCUT2D eigenvalue weighted by Gasteiger charge is 2.23. The molecule has 0 saturated carbocycles. The number of carbonyl (C=O) groups is 1. The zero-order valence-electron chi connectivity index (χ0n) is 14.4. The minimum atomic E-state index is -0.485. The summed E-state index contributed by atoms with van der Waals surface area (Å²) >= 11 is 0. The van der Waals surface area contributed by atoms with Gasteiger partial charge in [0.25, 0.3) is 0 Å². The summed E-state index contributed by atoms with van der Waals surface area (Å²) in [6.07, 6.45) is 3.36. The average Bonchev–Trinajstić information content (AvgIpc) is 2.49. The first-order valence-corrected chi connectivity index (χ1v) is 8.14. The molecule has 122 valence electrons. The standard InChI is InChI=1S/C20H25NO2/c1-5-8-18(19(22)23-20(2,3)4)21-14-15-11-12-16-9-6-7-10-17(16)13-15/h6-7,9-14,18H,5,8H2,1-4H3. The summed E-state index contributed by atoms with van der Waals surface area (Å²) in [6.45, 7) is 7.67. The number of benzene rings is 2. The van der Waals surface area contributed by atoms with E-state index in [1.165, 1.54) is 10.8 Å². The van der Waals surface area contributed by atoms with Crippen molar-refractivity contribution in [2.24, 2.45) is 4.99 Å². The number of aliphatic imine (C=N–C) groups is 1. The van der Waals surface area contributed by atoms with Crippen molar-refractivity contribution in [1.82, 2.24) is 0 Å². The van der Waals surface area contributed by atoms with Gasteiger partial charge in [0.2, 0.25) is 0 Å². The molecule has 0 aliphatic heterocycles. The molecule has 1 unspecified atom stereocenters. The summed E-state index contributed by atoms with van der Waals surface area (Å²) in [4.78, 5) is 16.7. The molecule has 0 aliphatic rings. The van der Waals surface area contributed by atoms with E-state index in [0.29, 0.717) is 6.42 Å². The molecule has 0 radical (unpaired) electrons. The Hall–Kier alpha value is -2.16. The summed E-state index contributed by atoms with van der Waals surface area (Å²) in [7, 11) is 0. The van der Waals surface area contributed by atoms with Crippen molar-refractivity contribution >= 4 is 23.0 Å². The van der Waals surface area contributed by atoms with Crippen LogP contribution in [0.25, 0.3) is 10.8 Å². The van der Waals surface area contributed by atoms with Crippen LogP contribution in [0.2, 0.25) is 0 Å². The molecule has 0 heterocycles. The number of hydrogen-bond donors (Lipinski definition) is 0. The van der Waals surface area contributed by atoms with Gasteiger partial charge in [-0.25, -0.2) is 4.79 Å². The molecule has 0 aliphatic carbocycles. The van der Waals surface area contributed by atoms with E-state index in [1.807, 2.05) is 45.9 Å². The van der Waals surface area contributed by atoms with Crippen LogP contribution in [0.1, 0.15) is 46.1 Å². The highest BCUT2D eigenvalue weighted by molar-refractivity contribution is 5.91. The lowest BCUT2D eigenvalue weighted by Gasteiger charge is -2.22. The van der Waals surface area contributed by atoms with Crippen LogP contribution < -0.4 is 0 Å². The molecule has 0 saturated heterocycles. The second kappa shape index (κ2) is 7.40. The molecule has 1 atom stereocenters. The molecule has 2 aromatic rings. The number of hydrogen-bond acceptors (Lipinski definition) is 3. The van der Waals surface area contributed by atoms with Crippen molar-refractivity contribution in [3.8, 4) is 0 Å². The zero-order valence-corrected chi connectivity index (χ0v) is 14.4. The Morgan fingerprint density at radius 1 is 1.17 bits per heavy atom. The van der Waals surface area contributed by atoms with Gasteiger partial charge in [0, 0.05) is 6.21 Å². The molecule has 2 rings (SSSR count). The van der Waals surface area contributed by atoms with Gasteiger partial charge in [-0.15, -0.1) is 0 Å². The van der Waals surface area contributed by atoms with Crippen LogP contribution in [0.3, 0.4) is 0 Å². The third kappa shape index (κ3) is 5.20. The van der Waals surface area contributed by atoms with Crippen molar-refractivity contribution in [1.29, 1.82) is 0 Å². The molecule has 0 bridgehead atoms. The van der Waals surface area contributed by atoms with Crippen LogP contribution in [0, 0.1) is 0 Å². The quantitative estimate of drug-likeness (QED) is 0.589. The largest absolute Gasteiger partial charge is 0.458 e. The summed E-state index contributed by atoms with van der Waals surface area (Å²) in [5, 5.41) is 2.36. The van der Waals surface area contributed by atoms with Crippen molar-refractivity contribution in [3.05, 3.63) is 48.0 Å². The van der Waals surface area contributed by atoms with Crippen molar-refractivity contribution in [2.75, 3.05) is 0 Å². The lowest BCUT2D eigenvalue weighted by atomic mass is 10.1. The van der Waals surface area contributed by atoms with Crippen LogP contribution in [0.5, 0.6) is 0 Å². The smallest absolute Gasteiger partial charge is 0.331 e. The van der Waals surface area contributed by atoms with Crippen molar-refractivity contribution in [2.45, 2.75) is 52.2 Å². The monoisotopic (exact) mass is 311 g/mol. The molecule has 0 spiro atoms. The Morgan fingerprint density at radius 3 is 2.52 bits per heavy atom. The van der Waals surface area contributed by atoms with Crippen molar-refractivity contribution in [3.63, 3.8) is 0 Å². The van der Waals surface area contributed by atoms with Crippen LogP contribution in [-0.4, -0.2) is 23.8 Å². The zero-order chi connectivity index (χ0) is 16.9. The predicted octanol–water partition coefficient (Wildman–Crippen LogP) is 4.77. The number of ether oxygens (including phenoxy) is 1. The summed E-state index contributed by atoms with van der Waals surface area (Å²) in [5.74, 6) is -0.253. The molecule has 3 heteroatoms. The van der Waals surface area contributed by atoms with E-state index in [-0.39, 0.29) is 5.97 Å². The number of esters is 1. The number of nitrogens with zero attached hydrogens (tertiary/aromatic N) is 1. The topological polar surface area (TPSA) is 38.7 Å². The lowest BCUT2D eigenvalue weighted by molar-refractivity contribution is -0.156. The molecule has 0 N–H and O–H groups in total. The van der Waals surface area contributed by atoms with E-state index in [9.17, 15) is 4.79 Å². The third-order valence-electron chi connectivity index (χ3n) is 3.42. The normalized spacial score (nSPS) is 13.4. The van der Waals surface area contributed by atoms with Crippen LogP contribution >= 0.6 is 0 Å². The summed E-state index contributed by atoms with van der Waals surface area (Å²) in [6, 6.07) is 13.9. The Kier molecular flexibility index (Phi) is 5.54. The van der Waals surface area contributed by atoms with Crippen LogP contribution in [-0.2, 0) is 9.53 Å². The fraction of sp³-hybridized carbons (Fsp3) is 0.400. The first-order valence-electron chi connectivity index (χ1n) is 8.14. The Bertz CT molecular complexity index is 698. The second-order valence-corrected chi connectivity index (χ2v) is 6.72. The summed E-state index contributed by atoms with van der Waals surface area (Å²) < 4.78 is 5.46. The number of rotatable bonds is 5. The first kappa shape index (κ1) is 17.2. The SMILES string of the molecule is CCCC(N=Cc1ccc2ccccc2c1)C(=O)OC(C)(C)C. The minimum Gasteiger partial charge on any atom is -0.458 e. The first-order chi connectivity index (χ1) is 10.9.